The van der Waals surface area contributed by atoms with Gasteiger partial charge in [0.1, 0.15) is 15.8 Å². The molecule has 9 heteroatoms. The zero-order valence-electron chi connectivity index (χ0n) is 18.2. The number of amides is 1. The fourth-order valence-corrected chi connectivity index (χ4v) is 4.84. The lowest BCUT2D eigenvalue weighted by Crippen LogP contribution is -2.29. The summed E-state index contributed by atoms with van der Waals surface area (Å²) in [7, 11) is 1.61. The third-order valence-corrected chi connectivity index (χ3v) is 6.58. The van der Waals surface area contributed by atoms with Crippen molar-refractivity contribution < 1.29 is 9.53 Å². The van der Waals surface area contributed by atoms with Crippen molar-refractivity contribution in [2.45, 2.75) is 12.8 Å². The number of carbonyl (C=O) groups is 1. The van der Waals surface area contributed by atoms with Gasteiger partial charge >= 0.3 is 0 Å². The van der Waals surface area contributed by atoms with Crippen LogP contribution in [0.3, 0.4) is 0 Å². The summed E-state index contributed by atoms with van der Waals surface area (Å²) in [5, 5.41) is 3.15. The number of hydrogen-bond acceptors (Lipinski definition) is 7. The molecule has 3 heterocycles. The van der Waals surface area contributed by atoms with E-state index in [-0.39, 0.29) is 11.5 Å². The van der Waals surface area contributed by atoms with Gasteiger partial charge < -0.3 is 10.1 Å². The highest BCUT2D eigenvalue weighted by Gasteiger charge is 2.32. The smallest absolute Gasteiger partial charge is 0.267 e. The van der Waals surface area contributed by atoms with Gasteiger partial charge in [0.05, 0.1) is 17.1 Å². The molecule has 0 aliphatic carbocycles. The van der Waals surface area contributed by atoms with Gasteiger partial charge in [-0.2, -0.15) is 0 Å². The van der Waals surface area contributed by atoms with Crippen LogP contribution in [0.15, 0.2) is 64.4 Å². The van der Waals surface area contributed by atoms with Crippen molar-refractivity contribution in [1.82, 2.24) is 14.3 Å². The quantitative estimate of drug-likeness (QED) is 0.285. The predicted molar refractivity (Wildman–Crippen MR) is 136 cm³/mol. The highest BCUT2D eigenvalue weighted by atomic mass is 32.2. The molecule has 170 valence electrons. The van der Waals surface area contributed by atoms with E-state index in [1.807, 2.05) is 24.3 Å². The number of thioether (sulfide) groups is 1. The Bertz CT molecular complexity index is 1260. The SMILES string of the molecule is COCCNc1nc2ccccn2c(=O)c1C=C1SC(=S)N(CCCc2ccccc2)C1=O. The van der Waals surface area contributed by atoms with Crippen LogP contribution < -0.4 is 10.9 Å². The maximum atomic E-state index is 13.2. The number of methoxy groups -OCH3 is 1. The first-order valence-corrected chi connectivity index (χ1v) is 11.8. The third-order valence-electron chi connectivity index (χ3n) is 5.21. The van der Waals surface area contributed by atoms with Gasteiger partial charge in [0.2, 0.25) is 0 Å². The van der Waals surface area contributed by atoms with E-state index in [0.29, 0.717) is 46.0 Å². The van der Waals surface area contributed by atoms with Crippen molar-refractivity contribution >= 4 is 51.7 Å². The Balaban J connectivity index is 1.58. The summed E-state index contributed by atoms with van der Waals surface area (Å²) >= 11 is 6.68. The van der Waals surface area contributed by atoms with Crippen LogP contribution in [0.5, 0.6) is 0 Å². The Morgan fingerprint density at radius 2 is 1.94 bits per heavy atom. The second-order valence-corrected chi connectivity index (χ2v) is 9.13. The normalized spacial score (nSPS) is 15.1. The second kappa shape index (κ2) is 10.7. The van der Waals surface area contributed by atoms with E-state index in [1.165, 1.54) is 21.7 Å². The molecular formula is C24H24N4O3S2. The summed E-state index contributed by atoms with van der Waals surface area (Å²) < 4.78 is 7.07. The number of carbonyl (C=O) groups excluding carboxylic acids is 1. The Labute approximate surface area is 201 Å². The zero-order valence-corrected chi connectivity index (χ0v) is 19.8. The lowest BCUT2D eigenvalue weighted by Gasteiger charge is -2.14. The molecule has 1 aliphatic heterocycles. The summed E-state index contributed by atoms with van der Waals surface area (Å²) in [6.07, 6.45) is 4.92. The van der Waals surface area contributed by atoms with Gasteiger partial charge in [-0.15, -0.1) is 0 Å². The fourth-order valence-electron chi connectivity index (χ4n) is 3.55. The molecule has 0 atom stereocenters. The number of rotatable bonds is 9. The number of aromatic nitrogens is 2. The monoisotopic (exact) mass is 480 g/mol. The van der Waals surface area contributed by atoms with Crippen molar-refractivity contribution in [3.63, 3.8) is 0 Å². The highest BCUT2D eigenvalue weighted by Crippen LogP contribution is 2.33. The average molecular weight is 481 g/mol. The van der Waals surface area contributed by atoms with Crippen molar-refractivity contribution in [2.75, 3.05) is 32.1 Å². The van der Waals surface area contributed by atoms with Gasteiger partial charge in [-0.25, -0.2) is 4.98 Å². The lowest BCUT2D eigenvalue weighted by molar-refractivity contribution is -0.122. The van der Waals surface area contributed by atoms with Crippen LogP contribution in [0, 0.1) is 0 Å². The molecule has 1 fully saturated rings. The minimum absolute atomic E-state index is 0.182. The molecular weight excluding hydrogens is 456 g/mol. The van der Waals surface area contributed by atoms with Crippen LogP contribution in [0.25, 0.3) is 11.7 Å². The highest BCUT2D eigenvalue weighted by molar-refractivity contribution is 8.26. The molecule has 33 heavy (non-hydrogen) atoms. The van der Waals surface area contributed by atoms with E-state index in [9.17, 15) is 9.59 Å². The van der Waals surface area contributed by atoms with Crippen molar-refractivity contribution in [1.29, 1.82) is 0 Å². The predicted octanol–water partition coefficient (Wildman–Crippen LogP) is 3.59. The molecule has 3 aromatic rings. The number of ether oxygens (including phenoxy) is 1. The van der Waals surface area contributed by atoms with Gasteiger partial charge in [0.15, 0.2) is 0 Å². The van der Waals surface area contributed by atoms with Crippen molar-refractivity contribution in [3.8, 4) is 0 Å². The Morgan fingerprint density at radius 3 is 2.73 bits per heavy atom. The van der Waals surface area contributed by atoms with Gasteiger partial charge in [-0.05, 0) is 36.6 Å². The fraction of sp³-hybridized carbons (Fsp3) is 0.250. The maximum absolute atomic E-state index is 13.2. The Kier molecular flexibility index (Phi) is 7.54. The van der Waals surface area contributed by atoms with Gasteiger partial charge in [0, 0.05) is 26.4 Å². The molecule has 1 aromatic carbocycles. The van der Waals surface area contributed by atoms with Gasteiger partial charge in [0.25, 0.3) is 11.5 Å². The standard InChI is InChI=1S/C24H24N4O3S2/c1-31-15-12-25-21-18(22(29)27-13-6-5-11-20(27)26-21)16-19-23(30)28(24(32)33-19)14-7-10-17-8-3-2-4-9-17/h2-6,8-9,11,13,16,25H,7,10,12,14-15H2,1H3. The minimum atomic E-state index is -0.255. The molecule has 1 N–H and O–H groups in total. The molecule has 0 bridgehead atoms. The van der Waals surface area contributed by atoms with Crippen LogP contribution in [-0.4, -0.2) is 51.3 Å². The van der Waals surface area contributed by atoms with Crippen LogP contribution in [0.1, 0.15) is 17.5 Å². The number of hydrogen-bond donors (Lipinski definition) is 1. The molecule has 1 saturated heterocycles. The summed E-state index contributed by atoms with van der Waals surface area (Å²) in [5.74, 6) is 0.232. The molecule has 0 unspecified atom stereocenters. The van der Waals surface area contributed by atoms with E-state index in [0.717, 1.165) is 12.8 Å². The summed E-state index contributed by atoms with van der Waals surface area (Å²) in [4.78, 5) is 32.9. The molecule has 4 rings (SSSR count). The van der Waals surface area contributed by atoms with Crippen molar-refractivity contribution in [3.05, 3.63) is 81.1 Å². The first kappa shape index (κ1) is 23.2. The Morgan fingerprint density at radius 1 is 1.15 bits per heavy atom. The largest absolute Gasteiger partial charge is 0.383 e. The number of pyridine rings is 1. The molecule has 0 radical (unpaired) electrons. The van der Waals surface area contributed by atoms with E-state index in [1.54, 1.807) is 36.4 Å². The minimum Gasteiger partial charge on any atom is -0.383 e. The topological polar surface area (TPSA) is 75.9 Å². The molecule has 0 spiro atoms. The van der Waals surface area contributed by atoms with E-state index in [2.05, 4.69) is 22.4 Å². The first-order chi connectivity index (χ1) is 16.1. The second-order valence-electron chi connectivity index (χ2n) is 7.45. The lowest BCUT2D eigenvalue weighted by atomic mass is 10.1. The van der Waals surface area contributed by atoms with Crippen LogP contribution in [0.2, 0.25) is 0 Å². The first-order valence-electron chi connectivity index (χ1n) is 10.6. The van der Waals surface area contributed by atoms with Crippen LogP contribution >= 0.6 is 24.0 Å². The number of thiocarbonyl (C=S) groups is 1. The van der Waals surface area contributed by atoms with Gasteiger partial charge in [-0.1, -0.05) is 60.4 Å². The number of nitrogens with zero attached hydrogens (tertiary/aromatic N) is 3. The maximum Gasteiger partial charge on any atom is 0.267 e. The molecule has 0 saturated carbocycles. The molecule has 1 aliphatic rings. The van der Waals surface area contributed by atoms with Crippen LogP contribution in [-0.2, 0) is 16.0 Å². The van der Waals surface area contributed by atoms with E-state index >= 15 is 0 Å². The van der Waals surface area contributed by atoms with Crippen molar-refractivity contribution in [2.24, 2.45) is 0 Å². The zero-order chi connectivity index (χ0) is 23.2. The summed E-state index contributed by atoms with van der Waals surface area (Å²) in [6.45, 7) is 1.47. The number of fused-ring (bicyclic) bond motifs is 1. The molecule has 1 amide bonds. The average Bonchev–Trinajstić information content (AvgIpc) is 3.09. The summed E-state index contributed by atoms with van der Waals surface area (Å²) in [6, 6.07) is 15.5. The number of nitrogens with one attached hydrogen (secondary N) is 1. The Hall–Kier alpha value is -3.01. The number of anilines is 1. The van der Waals surface area contributed by atoms with Crippen LogP contribution in [0.4, 0.5) is 5.82 Å². The number of benzene rings is 1. The molecule has 7 nitrogen and oxygen atoms in total. The van der Waals surface area contributed by atoms with Gasteiger partial charge in [-0.3, -0.25) is 18.9 Å². The third kappa shape index (κ3) is 5.32. The van der Waals surface area contributed by atoms with E-state index < -0.39 is 0 Å². The van der Waals surface area contributed by atoms with E-state index in [4.69, 9.17) is 17.0 Å². The summed E-state index contributed by atoms with van der Waals surface area (Å²) in [5.41, 5.74) is 1.81. The molecule has 2 aromatic heterocycles. The number of aryl methyl sites for hydroxylation is 1.